The van der Waals surface area contributed by atoms with E-state index in [0.29, 0.717) is 19.5 Å². The van der Waals surface area contributed by atoms with Crippen LogP contribution in [-0.2, 0) is 11.3 Å². The first kappa shape index (κ1) is 18.0. The molecule has 1 atom stereocenters. The fourth-order valence-corrected chi connectivity index (χ4v) is 3.58. The maximum atomic E-state index is 13.0. The number of likely N-dealkylation sites (N-methyl/N-ethyl adjacent to an activating group) is 1. The Morgan fingerprint density at radius 1 is 1.21 bits per heavy atom. The SMILES string of the molecule is CN(Cc1cnn(-c2ccccc2)c1)C(=O)C1CCCN1C(=O)c1ccco1. The van der Waals surface area contributed by atoms with E-state index in [1.165, 1.54) is 6.26 Å². The molecule has 1 aliphatic heterocycles. The van der Waals surface area contributed by atoms with Gasteiger partial charge in [-0.25, -0.2) is 4.68 Å². The molecule has 7 nitrogen and oxygen atoms in total. The molecule has 28 heavy (non-hydrogen) atoms. The highest BCUT2D eigenvalue weighted by Gasteiger charge is 2.36. The molecule has 0 aliphatic carbocycles. The fourth-order valence-electron chi connectivity index (χ4n) is 3.58. The standard InChI is InChI=1S/C21H22N4O3/c1-23(14-16-13-22-25(15-16)17-7-3-2-4-8-17)20(26)18-9-5-11-24(18)21(27)19-10-6-12-28-19/h2-4,6-8,10,12-13,15,18H,5,9,11,14H2,1H3. The minimum Gasteiger partial charge on any atom is -0.459 e. The molecule has 0 spiro atoms. The van der Waals surface area contributed by atoms with Gasteiger partial charge in [-0.15, -0.1) is 0 Å². The number of likely N-dealkylation sites (tertiary alicyclic amines) is 1. The zero-order valence-electron chi connectivity index (χ0n) is 15.7. The third-order valence-corrected chi connectivity index (χ3v) is 4.98. The Bertz CT molecular complexity index is 949. The van der Waals surface area contributed by atoms with Crippen molar-refractivity contribution in [3.63, 3.8) is 0 Å². The van der Waals surface area contributed by atoms with Crippen molar-refractivity contribution in [1.82, 2.24) is 19.6 Å². The summed E-state index contributed by atoms with van der Waals surface area (Å²) in [6.45, 7) is 1.00. The van der Waals surface area contributed by atoms with E-state index in [1.54, 1.807) is 39.9 Å². The quantitative estimate of drug-likeness (QED) is 0.684. The van der Waals surface area contributed by atoms with Gasteiger partial charge in [0.05, 0.1) is 18.1 Å². The first-order valence-electron chi connectivity index (χ1n) is 9.32. The maximum Gasteiger partial charge on any atom is 0.290 e. The zero-order valence-corrected chi connectivity index (χ0v) is 15.7. The van der Waals surface area contributed by atoms with E-state index < -0.39 is 6.04 Å². The molecule has 1 aliphatic rings. The topological polar surface area (TPSA) is 71.6 Å². The molecule has 1 aromatic carbocycles. The Morgan fingerprint density at radius 3 is 2.79 bits per heavy atom. The second-order valence-electron chi connectivity index (χ2n) is 6.96. The van der Waals surface area contributed by atoms with Gasteiger partial charge in [-0.2, -0.15) is 5.10 Å². The van der Waals surface area contributed by atoms with Gasteiger partial charge in [-0.3, -0.25) is 9.59 Å². The Kier molecular flexibility index (Phi) is 4.97. The van der Waals surface area contributed by atoms with Crippen LogP contribution in [0.3, 0.4) is 0 Å². The summed E-state index contributed by atoms with van der Waals surface area (Å²) in [7, 11) is 1.76. The van der Waals surface area contributed by atoms with Crippen LogP contribution in [0.2, 0.25) is 0 Å². The molecule has 7 heteroatoms. The number of hydrogen-bond acceptors (Lipinski definition) is 4. The summed E-state index contributed by atoms with van der Waals surface area (Å²) in [6, 6.07) is 12.7. The van der Waals surface area contributed by atoms with Gasteiger partial charge < -0.3 is 14.2 Å². The molecule has 4 rings (SSSR count). The van der Waals surface area contributed by atoms with Crippen molar-refractivity contribution in [2.45, 2.75) is 25.4 Å². The van der Waals surface area contributed by atoms with Crippen LogP contribution in [0, 0.1) is 0 Å². The Balaban J connectivity index is 1.43. The lowest BCUT2D eigenvalue weighted by Gasteiger charge is -2.27. The average molecular weight is 378 g/mol. The zero-order chi connectivity index (χ0) is 19.5. The van der Waals surface area contributed by atoms with Crippen molar-refractivity contribution in [2.24, 2.45) is 0 Å². The molecule has 3 heterocycles. The van der Waals surface area contributed by atoms with Crippen LogP contribution in [-0.4, -0.2) is 51.0 Å². The number of carbonyl (C=O) groups excluding carboxylic acids is 2. The lowest BCUT2D eigenvalue weighted by atomic mass is 10.2. The van der Waals surface area contributed by atoms with Crippen LogP contribution >= 0.6 is 0 Å². The Morgan fingerprint density at radius 2 is 2.04 bits per heavy atom. The third-order valence-electron chi connectivity index (χ3n) is 4.98. The summed E-state index contributed by atoms with van der Waals surface area (Å²) in [5.74, 6) is -0.0255. The van der Waals surface area contributed by atoms with Crippen molar-refractivity contribution in [3.05, 3.63) is 72.4 Å². The van der Waals surface area contributed by atoms with E-state index in [4.69, 9.17) is 4.42 Å². The third kappa shape index (κ3) is 3.55. The van der Waals surface area contributed by atoms with Crippen molar-refractivity contribution in [3.8, 4) is 5.69 Å². The van der Waals surface area contributed by atoms with Crippen LogP contribution in [0.5, 0.6) is 0 Å². The lowest BCUT2D eigenvalue weighted by Crippen LogP contribution is -2.46. The number of furan rings is 1. The highest BCUT2D eigenvalue weighted by molar-refractivity contribution is 5.95. The Hall–Kier alpha value is -3.35. The molecular formula is C21H22N4O3. The van der Waals surface area contributed by atoms with E-state index in [2.05, 4.69) is 5.10 Å². The number of carbonyl (C=O) groups is 2. The highest BCUT2D eigenvalue weighted by Crippen LogP contribution is 2.22. The molecule has 1 unspecified atom stereocenters. The normalized spacial score (nSPS) is 16.3. The predicted molar refractivity (Wildman–Crippen MR) is 103 cm³/mol. The molecule has 2 aromatic heterocycles. The molecule has 1 saturated heterocycles. The molecule has 2 amide bonds. The van der Waals surface area contributed by atoms with Crippen LogP contribution < -0.4 is 0 Å². The number of hydrogen-bond donors (Lipinski definition) is 0. The number of amides is 2. The number of rotatable bonds is 5. The van der Waals surface area contributed by atoms with Gasteiger partial charge in [0.2, 0.25) is 5.91 Å². The number of para-hydroxylation sites is 1. The number of aromatic nitrogens is 2. The summed E-state index contributed by atoms with van der Waals surface area (Å²) in [6.07, 6.45) is 6.62. The second-order valence-corrected chi connectivity index (χ2v) is 6.96. The summed E-state index contributed by atoms with van der Waals surface area (Å²) in [5.41, 5.74) is 1.90. The smallest absolute Gasteiger partial charge is 0.290 e. The minimum absolute atomic E-state index is 0.0649. The lowest BCUT2D eigenvalue weighted by molar-refractivity contribution is -0.134. The van der Waals surface area contributed by atoms with E-state index >= 15 is 0 Å². The van der Waals surface area contributed by atoms with E-state index in [-0.39, 0.29) is 17.6 Å². The molecule has 0 bridgehead atoms. The first-order chi connectivity index (χ1) is 13.6. The molecule has 0 saturated carbocycles. The second kappa shape index (κ2) is 7.72. The molecule has 1 fully saturated rings. The number of benzene rings is 1. The van der Waals surface area contributed by atoms with Gasteiger partial charge in [0.1, 0.15) is 6.04 Å². The molecule has 144 valence electrons. The largest absolute Gasteiger partial charge is 0.459 e. The van der Waals surface area contributed by atoms with Gasteiger partial charge in [0.15, 0.2) is 5.76 Å². The van der Waals surface area contributed by atoms with Gasteiger partial charge >= 0.3 is 0 Å². The van der Waals surface area contributed by atoms with Crippen LogP contribution in [0.1, 0.15) is 29.0 Å². The summed E-state index contributed by atoms with van der Waals surface area (Å²) < 4.78 is 7.00. The molecular weight excluding hydrogens is 356 g/mol. The fraction of sp³-hybridized carbons (Fsp3) is 0.286. The van der Waals surface area contributed by atoms with Crippen molar-refractivity contribution < 1.29 is 14.0 Å². The van der Waals surface area contributed by atoms with Gasteiger partial charge in [-0.1, -0.05) is 18.2 Å². The van der Waals surface area contributed by atoms with Gasteiger partial charge in [0.25, 0.3) is 5.91 Å². The van der Waals surface area contributed by atoms with Crippen LogP contribution in [0.15, 0.2) is 65.5 Å². The van der Waals surface area contributed by atoms with Gasteiger partial charge in [-0.05, 0) is 37.1 Å². The number of nitrogens with zero attached hydrogens (tertiary/aromatic N) is 4. The van der Waals surface area contributed by atoms with E-state index in [1.807, 2.05) is 36.5 Å². The van der Waals surface area contributed by atoms with E-state index in [0.717, 1.165) is 17.7 Å². The molecule has 0 N–H and O–H groups in total. The van der Waals surface area contributed by atoms with Gasteiger partial charge in [0, 0.05) is 31.9 Å². The highest BCUT2D eigenvalue weighted by atomic mass is 16.3. The monoisotopic (exact) mass is 378 g/mol. The average Bonchev–Trinajstić information content (AvgIpc) is 3.48. The van der Waals surface area contributed by atoms with Crippen LogP contribution in [0.25, 0.3) is 5.69 Å². The van der Waals surface area contributed by atoms with Crippen molar-refractivity contribution in [2.75, 3.05) is 13.6 Å². The first-order valence-corrected chi connectivity index (χ1v) is 9.32. The summed E-state index contributed by atoms with van der Waals surface area (Å²) >= 11 is 0. The maximum absolute atomic E-state index is 13.0. The van der Waals surface area contributed by atoms with Crippen molar-refractivity contribution in [1.29, 1.82) is 0 Å². The van der Waals surface area contributed by atoms with E-state index in [9.17, 15) is 9.59 Å². The molecule has 3 aromatic rings. The minimum atomic E-state index is -0.452. The summed E-state index contributed by atoms with van der Waals surface area (Å²) in [4.78, 5) is 28.9. The van der Waals surface area contributed by atoms with Crippen LogP contribution in [0.4, 0.5) is 0 Å². The van der Waals surface area contributed by atoms with Crippen molar-refractivity contribution >= 4 is 11.8 Å². The summed E-state index contributed by atoms with van der Waals surface area (Å²) in [5, 5.41) is 4.38. The molecule has 0 radical (unpaired) electrons. The predicted octanol–water partition coefficient (Wildman–Crippen LogP) is 2.73. The Labute approximate surface area is 163 Å².